The third-order valence-electron chi connectivity index (χ3n) is 2.49. The monoisotopic (exact) mass is 298 g/mol. The van der Waals surface area contributed by atoms with E-state index >= 15 is 0 Å². The largest absolute Gasteiger partial charge is 0.481 e. The second kappa shape index (κ2) is 13.8. The van der Waals surface area contributed by atoms with Crippen molar-refractivity contribution in [3.05, 3.63) is 0 Å². The van der Waals surface area contributed by atoms with E-state index in [2.05, 4.69) is 6.92 Å². The molecule has 0 spiro atoms. The number of rotatable bonds is 10. The van der Waals surface area contributed by atoms with Crippen LogP contribution in [0.3, 0.4) is 0 Å². The van der Waals surface area contributed by atoms with E-state index in [1.165, 1.54) is 44.9 Å². The fraction of sp³-hybridized carbons (Fsp3) is 0.917. The molecule has 19 heavy (non-hydrogen) atoms. The summed E-state index contributed by atoms with van der Waals surface area (Å²) in [6.45, 7) is 2.23. The molecule has 0 atom stereocenters. The molecule has 0 bridgehead atoms. The molecule has 0 radical (unpaired) electrons. The quantitative estimate of drug-likeness (QED) is 0.421. The summed E-state index contributed by atoms with van der Waals surface area (Å²) in [6.07, 6.45) is 11.5. The SMILES string of the molecule is CCCCCCCCCCCC(=O)O.O=S(=O)(O)O. The van der Waals surface area contributed by atoms with Gasteiger partial charge in [0.15, 0.2) is 0 Å². The molecule has 0 aromatic rings. The van der Waals surface area contributed by atoms with Gasteiger partial charge in [0, 0.05) is 6.42 Å². The Morgan fingerprint density at radius 2 is 1.16 bits per heavy atom. The fourth-order valence-electron chi connectivity index (χ4n) is 1.59. The highest BCUT2D eigenvalue weighted by molar-refractivity contribution is 7.79. The van der Waals surface area contributed by atoms with Gasteiger partial charge in [-0.05, 0) is 6.42 Å². The lowest BCUT2D eigenvalue weighted by atomic mass is 10.1. The van der Waals surface area contributed by atoms with Crippen LogP contribution in [0.25, 0.3) is 0 Å². The Bertz CT molecular complexity index is 291. The van der Waals surface area contributed by atoms with Crippen LogP contribution < -0.4 is 0 Å². The molecule has 0 aliphatic heterocycles. The smallest absolute Gasteiger partial charge is 0.394 e. The normalized spacial score (nSPS) is 10.7. The van der Waals surface area contributed by atoms with Gasteiger partial charge in [0.1, 0.15) is 0 Å². The van der Waals surface area contributed by atoms with Crippen LogP contribution in [0.4, 0.5) is 0 Å². The molecule has 6 nitrogen and oxygen atoms in total. The summed E-state index contributed by atoms with van der Waals surface area (Å²) in [7, 11) is -4.67. The first-order valence-electron chi connectivity index (χ1n) is 6.69. The topological polar surface area (TPSA) is 112 Å². The minimum absolute atomic E-state index is 0.343. The van der Waals surface area contributed by atoms with Crippen molar-refractivity contribution in [2.24, 2.45) is 0 Å². The molecule has 0 amide bonds. The molecule has 0 aliphatic carbocycles. The van der Waals surface area contributed by atoms with Gasteiger partial charge in [-0.15, -0.1) is 0 Å². The number of hydrogen-bond donors (Lipinski definition) is 3. The van der Waals surface area contributed by atoms with Gasteiger partial charge < -0.3 is 5.11 Å². The molecule has 0 fully saturated rings. The van der Waals surface area contributed by atoms with Gasteiger partial charge in [0.25, 0.3) is 0 Å². The van der Waals surface area contributed by atoms with Gasteiger partial charge in [-0.3, -0.25) is 13.9 Å². The Labute approximate surface area is 115 Å². The highest BCUT2D eigenvalue weighted by Crippen LogP contribution is 2.10. The van der Waals surface area contributed by atoms with E-state index in [1.807, 2.05) is 0 Å². The number of carboxylic acid groups (broad SMARTS) is 1. The van der Waals surface area contributed by atoms with E-state index in [0.29, 0.717) is 6.42 Å². The van der Waals surface area contributed by atoms with E-state index in [0.717, 1.165) is 12.8 Å². The molecular formula is C12H26O6S. The van der Waals surface area contributed by atoms with E-state index in [9.17, 15) is 4.79 Å². The van der Waals surface area contributed by atoms with E-state index < -0.39 is 16.4 Å². The Kier molecular flexibility index (Phi) is 15.0. The minimum atomic E-state index is -4.67. The molecule has 116 valence electrons. The van der Waals surface area contributed by atoms with Crippen molar-refractivity contribution in [1.82, 2.24) is 0 Å². The standard InChI is InChI=1S/C12H24O2.H2O4S/c1-2-3-4-5-6-7-8-9-10-11-12(13)14;1-5(2,3)4/h2-11H2,1H3,(H,13,14);(H2,1,2,3,4). The predicted octanol–water partition coefficient (Wildman–Crippen LogP) is 3.34. The summed E-state index contributed by atoms with van der Waals surface area (Å²) in [5.74, 6) is -0.659. The molecule has 3 N–H and O–H groups in total. The van der Waals surface area contributed by atoms with Crippen LogP contribution >= 0.6 is 0 Å². The van der Waals surface area contributed by atoms with E-state index in [4.69, 9.17) is 22.6 Å². The number of aliphatic carboxylic acids is 1. The second-order valence-corrected chi connectivity index (χ2v) is 5.32. The lowest BCUT2D eigenvalue weighted by Crippen LogP contribution is -1.93. The lowest BCUT2D eigenvalue weighted by molar-refractivity contribution is -0.137. The Hall–Kier alpha value is -0.660. The van der Waals surface area contributed by atoms with Crippen LogP contribution in [0.1, 0.15) is 71.1 Å². The lowest BCUT2D eigenvalue weighted by Gasteiger charge is -2.00. The van der Waals surface area contributed by atoms with Crippen molar-refractivity contribution in [2.75, 3.05) is 0 Å². The Morgan fingerprint density at radius 3 is 1.47 bits per heavy atom. The van der Waals surface area contributed by atoms with E-state index in [-0.39, 0.29) is 0 Å². The minimum Gasteiger partial charge on any atom is -0.481 e. The first-order chi connectivity index (χ1) is 8.77. The molecule has 0 aliphatic rings. The van der Waals surface area contributed by atoms with Crippen molar-refractivity contribution in [3.8, 4) is 0 Å². The first kappa shape index (κ1) is 20.7. The zero-order chi connectivity index (χ0) is 15.1. The van der Waals surface area contributed by atoms with Crippen LogP contribution in [0, 0.1) is 0 Å². The first-order valence-corrected chi connectivity index (χ1v) is 8.08. The number of unbranched alkanes of at least 4 members (excludes halogenated alkanes) is 8. The van der Waals surface area contributed by atoms with Gasteiger partial charge in [-0.1, -0.05) is 58.3 Å². The number of carbonyl (C=O) groups is 1. The van der Waals surface area contributed by atoms with Gasteiger partial charge >= 0.3 is 16.4 Å². The third kappa shape index (κ3) is 38.2. The molecular weight excluding hydrogens is 272 g/mol. The summed E-state index contributed by atoms with van der Waals surface area (Å²) in [4.78, 5) is 10.2. The maximum absolute atomic E-state index is 10.2. The molecule has 0 aromatic heterocycles. The molecule has 0 heterocycles. The molecule has 0 saturated heterocycles. The highest BCUT2D eigenvalue weighted by Gasteiger charge is 1.96. The number of carboxylic acids is 1. The predicted molar refractivity (Wildman–Crippen MR) is 73.7 cm³/mol. The average Bonchev–Trinajstić information content (AvgIpc) is 2.24. The van der Waals surface area contributed by atoms with Crippen molar-refractivity contribution < 1.29 is 27.4 Å². The maximum Gasteiger partial charge on any atom is 0.394 e. The van der Waals surface area contributed by atoms with Crippen LogP contribution in [0.5, 0.6) is 0 Å². The summed E-state index contributed by atoms with van der Waals surface area (Å²) in [6, 6.07) is 0. The second-order valence-electron chi connectivity index (χ2n) is 4.42. The molecule has 0 aromatic carbocycles. The maximum atomic E-state index is 10.2. The van der Waals surface area contributed by atoms with Crippen LogP contribution in [0.2, 0.25) is 0 Å². The summed E-state index contributed by atoms with van der Waals surface area (Å²) in [5, 5.41) is 8.41. The van der Waals surface area contributed by atoms with E-state index in [1.54, 1.807) is 0 Å². The number of hydrogen-bond acceptors (Lipinski definition) is 3. The average molecular weight is 298 g/mol. The highest BCUT2D eigenvalue weighted by atomic mass is 32.3. The van der Waals surface area contributed by atoms with Crippen LogP contribution in [0.15, 0.2) is 0 Å². The zero-order valence-corrected chi connectivity index (χ0v) is 12.4. The van der Waals surface area contributed by atoms with Crippen LogP contribution in [-0.2, 0) is 15.2 Å². The van der Waals surface area contributed by atoms with Gasteiger partial charge in [-0.25, -0.2) is 0 Å². The zero-order valence-electron chi connectivity index (χ0n) is 11.5. The fourth-order valence-corrected chi connectivity index (χ4v) is 1.59. The molecule has 7 heteroatoms. The van der Waals surface area contributed by atoms with Crippen molar-refractivity contribution in [2.45, 2.75) is 71.1 Å². The summed E-state index contributed by atoms with van der Waals surface area (Å²) < 4.78 is 31.6. The summed E-state index contributed by atoms with van der Waals surface area (Å²) in [5.41, 5.74) is 0. The van der Waals surface area contributed by atoms with Crippen molar-refractivity contribution in [1.29, 1.82) is 0 Å². The van der Waals surface area contributed by atoms with Crippen molar-refractivity contribution >= 4 is 16.4 Å². The third-order valence-corrected chi connectivity index (χ3v) is 2.49. The van der Waals surface area contributed by atoms with Crippen LogP contribution in [-0.4, -0.2) is 28.6 Å². The van der Waals surface area contributed by atoms with Gasteiger partial charge in [0.2, 0.25) is 0 Å². The molecule has 0 unspecified atom stereocenters. The molecule has 0 saturated carbocycles. The summed E-state index contributed by atoms with van der Waals surface area (Å²) >= 11 is 0. The Morgan fingerprint density at radius 1 is 0.842 bits per heavy atom. The molecule has 0 rings (SSSR count). The van der Waals surface area contributed by atoms with Gasteiger partial charge in [0.05, 0.1) is 0 Å². The van der Waals surface area contributed by atoms with Crippen molar-refractivity contribution in [3.63, 3.8) is 0 Å². The Balaban J connectivity index is 0. The van der Waals surface area contributed by atoms with Gasteiger partial charge in [-0.2, -0.15) is 8.42 Å².